The molecule has 0 radical (unpaired) electrons. The number of likely N-dealkylation sites (N-methyl/N-ethyl adjacent to an activating group) is 1. The van der Waals surface area contributed by atoms with Crippen molar-refractivity contribution in [1.82, 2.24) is 10.6 Å². The molecule has 1 aromatic heterocycles. The molecule has 0 saturated carbocycles. The van der Waals surface area contributed by atoms with Crippen LogP contribution in [-0.2, 0) is 11.3 Å². The van der Waals surface area contributed by atoms with E-state index in [1.165, 1.54) is 11.3 Å². The van der Waals surface area contributed by atoms with E-state index in [9.17, 15) is 4.79 Å². The summed E-state index contributed by atoms with van der Waals surface area (Å²) in [5, 5.41) is 5.68. The van der Waals surface area contributed by atoms with Gasteiger partial charge in [0.05, 0.1) is 10.4 Å². The van der Waals surface area contributed by atoms with Crippen molar-refractivity contribution in [3.8, 4) is 0 Å². The fourth-order valence-corrected chi connectivity index (χ4v) is 2.05. The van der Waals surface area contributed by atoms with Gasteiger partial charge < -0.3 is 10.6 Å². The summed E-state index contributed by atoms with van der Waals surface area (Å²) in [5.74, 6) is -0.00680. The number of hydrogen-bond acceptors (Lipinski definition) is 3. The fraction of sp³-hybridized carbons (Fsp3) is 0.444. The van der Waals surface area contributed by atoms with E-state index in [1.807, 2.05) is 19.1 Å². The molecule has 0 aliphatic carbocycles. The van der Waals surface area contributed by atoms with Crippen molar-refractivity contribution < 1.29 is 4.79 Å². The van der Waals surface area contributed by atoms with Crippen LogP contribution in [0.1, 0.15) is 11.8 Å². The molecule has 1 rings (SSSR count). The van der Waals surface area contributed by atoms with Crippen molar-refractivity contribution in [2.45, 2.75) is 19.5 Å². The molecule has 0 spiro atoms. The minimum absolute atomic E-state index is 0.00680. The molecule has 1 amide bonds. The van der Waals surface area contributed by atoms with Gasteiger partial charge in [-0.15, -0.1) is 11.3 Å². The topological polar surface area (TPSA) is 41.1 Å². The molecule has 1 aromatic rings. The number of carbonyl (C=O) groups excluding carboxylic acids is 1. The highest BCUT2D eigenvalue weighted by molar-refractivity contribution is 7.16. The number of carbonyl (C=O) groups is 1. The minimum atomic E-state index is -0.180. The number of rotatable bonds is 4. The lowest BCUT2D eigenvalue weighted by Crippen LogP contribution is -2.40. The minimum Gasteiger partial charge on any atom is -0.358 e. The second-order valence-electron chi connectivity index (χ2n) is 2.92. The van der Waals surface area contributed by atoms with Crippen molar-refractivity contribution >= 4 is 28.8 Å². The molecule has 0 aliphatic rings. The van der Waals surface area contributed by atoms with Gasteiger partial charge >= 0.3 is 0 Å². The van der Waals surface area contributed by atoms with Crippen LogP contribution in [0.15, 0.2) is 12.1 Å². The van der Waals surface area contributed by atoms with Crippen LogP contribution in [0.3, 0.4) is 0 Å². The van der Waals surface area contributed by atoms with Crippen LogP contribution in [0, 0.1) is 0 Å². The fourth-order valence-electron chi connectivity index (χ4n) is 1.01. The second kappa shape index (κ2) is 5.34. The second-order valence-corrected chi connectivity index (χ2v) is 4.72. The van der Waals surface area contributed by atoms with Gasteiger partial charge in [0.15, 0.2) is 0 Å². The molecule has 1 atom stereocenters. The third kappa shape index (κ3) is 3.29. The summed E-state index contributed by atoms with van der Waals surface area (Å²) in [6.45, 7) is 2.50. The zero-order valence-electron chi connectivity index (χ0n) is 8.13. The van der Waals surface area contributed by atoms with Gasteiger partial charge in [0, 0.05) is 18.5 Å². The average molecular weight is 233 g/mol. The van der Waals surface area contributed by atoms with Gasteiger partial charge in [-0.3, -0.25) is 4.79 Å². The summed E-state index contributed by atoms with van der Waals surface area (Å²) < 4.78 is 0.773. The smallest absolute Gasteiger partial charge is 0.236 e. The van der Waals surface area contributed by atoms with Crippen molar-refractivity contribution in [1.29, 1.82) is 0 Å². The lowest BCUT2D eigenvalue weighted by atomic mass is 10.3. The Bertz CT molecular complexity index is 314. The Morgan fingerprint density at radius 1 is 1.64 bits per heavy atom. The Morgan fingerprint density at radius 3 is 2.86 bits per heavy atom. The van der Waals surface area contributed by atoms with E-state index in [0.717, 1.165) is 9.21 Å². The van der Waals surface area contributed by atoms with Crippen LogP contribution >= 0.6 is 22.9 Å². The Balaban J connectivity index is 2.37. The molecule has 0 bridgehead atoms. The maximum Gasteiger partial charge on any atom is 0.236 e. The van der Waals surface area contributed by atoms with E-state index in [2.05, 4.69) is 10.6 Å². The number of thiophene rings is 1. The van der Waals surface area contributed by atoms with E-state index in [0.29, 0.717) is 6.54 Å². The standard InChI is InChI=1S/C9H13ClN2OS/c1-6(9(13)11-2)12-5-7-3-4-8(10)14-7/h3-4,6,12H,5H2,1-2H3,(H,11,13)/t6-/m1/s1. The van der Waals surface area contributed by atoms with Crippen LogP contribution in [0.4, 0.5) is 0 Å². The lowest BCUT2D eigenvalue weighted by Gasteiger charge is -2.10. The van der Waals surface area contributed by atoms with E-state index in [-0.39, 0.29) is 11.9 Å². The zero-order valence-corrected chi connectivity index (χ0v) is 9.71. The van der Waals surface area contributed by atoms with Crippen LogP contribution in [-0.4, -0.2) is 19.0 Å². The van der Waals surface area contributed by atoms with Crippen LogP contribution in [0.2, 0.25) is 4.34 Å². The molecule has 2 N–H and O–H groups in total. The summed E-state index contributed by atoms with van der Waals surface area (Å²) in [5.41, 5.74) is 0. The van der Waals surface area contributed by atoms with E-state index < -0.39 is 0 Å². The largest absolute Gasteiger partial charge is 0.358 e. The Morgan fingerprint density at radius 2 is 2.36 bits per heavy atom. The van der Waals surface area contributed by atoms with Crippen molar-refractivity contribution in [2.75, 3.05) is 7.05 Å². The summed E-state index contributed by atoms with van der Waals surface area (Å²) in [6.07, 6.45) is 0. The first-order valence-corrected chi connectivity index (χ1v) is 5.52. The van der Waals surface area contributed by atoms with Gasteiger partial charge in [0.25, 0.3) is 0 Å². The normalized spacial score (nSPS) is 12.5. The maximum absolute atomic E-state index is 11.1. The van der Waals surface area contributed by atoms with Gasteiger partial charge in [-0.2, -0.15) is 0 Å². The molecule has 0 aromatic carbocycles. The molecular formula is C9H13ClN2OS. The quantitative estimate of drug-likeness (QED) is 0.829. The molecule has 0 saturated heterocycles. The van der Waals surface area contributed by atoms with Crippen molar-refractivity contribution in [3.05, 3.63) is 21.3 Å². The van der Waals surface area contributed by atoms with Gasteiger partial charge in [-0.25, -0.2) is 0 Å². The predicted octanol–water partition coefficient (Wildman–Crippen LogP) is 1.63. The Kier molecular flexibility index (Phi) is 4.38. The predicted molar refractivity (Wildman–Crippen MR) is 59.7 cm³/mol. The van der Waals surface area contributed by atoms with Crippen molar-refractivity contribution in [2.24, 2.45) is 0 Å². The third-order valence-corrected chi connectivity index (χ3v) is 3.08. The Hall–Kier alpha value is -0.580. The van der Waals surface area contributed by atoms with Crippen LogP contribution < -0.4 is 10.6 Å². The van der Waals surface area contributed by atoms with E-state index >= 15 is 0 Å². The summed E-state index contributed by atoms with van der Waals surface area (Å²) >= 11 is 7.30. The first-order valence-electron chi connectivity index (χ1n) is 4.32. The molecular weight excluding hydrogens is 220 g/mol. The van der Waals surface area contributed by atoms with Crippen LogP contribution in [0.5, 0.6) is 0 Å². The highest BCUT2D eigenvalue weighted by atomic mass is 35.5. The molecule has 14 heavy (non-hydrogen) atoms. The number of halogens is 1. The monoisotopic (exact) mass is 232 g/mol. The first kappa shape index (κ1) is 11.5. The molecule has 78 valence electrons. The summed E-state index contributed by atoms with van der Waals surface area (Å²) in [6, 6.07) is 3.63. The lowest BCUT2D eigenvalue weighted by molar-refractivity contribution is -0.122. The van der Waals surface area contributed by atoms with Gasteiger partial charge in [-0.05, 0) is 19.1 Å². The molecule has 3 nitrogen and oxygen atoms in total. The average Bonchev–Trinajstić information content (AvgIpc) is 2.59. The number of amides is 1. The van der Waals surface area contributed by atoms with Gasteiger partial charge in [-0.1, -0.05) is 11.6 Å². The highest BCUT2D eigenvalue weighted by Gasteiger charge is 2.09. The van der Waals surface area contributed by atoms with E-state index in [4.69, 9.17) is 11.6 Å². The molecule has 5 heteroatoms. The van der Waals surface area contributed by atoms with Crippen LogP contribution in [0.25, 0.3) is 0 Å². The molecule has 0 fully saturated rings. The summed E-state index contributed by atoms with van der Waals surface area (Å²) in [4.78, 5) is 12.3. The maximum atomic E-state index is 11.1. The SMILES string of the molecule is CNC(=O)[C@@H](C)NCc1ccc(Cl)s1. The Labute approximate surface area is 92.5 Å². The molecule has 0 aliphatic heterocycles. The zero-order chi connectivity index (χ0) is 10.6. The summed E-state index contributed by atoms with van der Waals surface area (Å²) in [7, 11) is 1.63. The van der Waals surface area contributed by atoms with Gasteiger partial charge in [0.2, 0.25) is 5.91 Å². The third-order valence-electron chi connectivity index (χ3n) is 1.85. The van der Waals surface area contributed by atoms with Gasteiger partial charge in [0.1, 0.15) is 0 Å². The molecule has 0 unspecified atom stereocenters. The highest BCUT2D eigenvalue weighted by Crippen LogP contribution is 2.20. The van der Waals surface area contributed by atoms with Crippen molar-refractivity contribution in [3.63, 3.8) is 0 Å². The first-order chi connectivity index (χ1) is 6.63. The van der Waals surface area contributed by atoms with E-state index in [1.54, 1.807) is 7.05 Å². The number of nitrogens with one attached hydrogen (secondary N) is 2. The number of hydrogen-bond donors (Lipinski definition) is 2. The molecule has 1 heterocycles.